The van der Waals surface area contributed by atoms with Crippen LogP contribution in [0.25, 0.3) is 10.9 Å². The maximum atomic E-state index is 3.63. The summed E-state index contributed by atoms with van der Waals surface area (Å²) in [6.45, 7) is 7.82. The lowest BCUT2D eigenvalue weighted by molar-refractivity contribution is 0.412. The van der Waals surface area contributed by atoms with E-state index in [1.807, 2.05) is 6.20 Å². The molecule has 18 heavy (non-hydrogen) atoms. The van der Waals surface area contributed by atoms with E-state index in [1.165, 1.54) is 29.3 Å². The molecule has 0 aliphatic heterocycles. The second-order valence-corrected chi connectivity index (χ2v) is 5.39. The molecule has 0 fully saturated rings. The molecule has 98 valence electrons. The van der Waals surface area contributed by atoms with Crippen LogP contribution in [0.15, 0.2) is 30.5 Å². The van der Waals surface area contributed by atoms with Gasteiger partial charge in [0.2, 0.25) is 0 Å². The van der Waals surface area contributed by atoms with E-state index < -0.39 is 0 Å². The zero-order valence-corrected chi connectivity index (χ0v) is 11.7. The predicted octanol–water partition coefficient (Wildman–Crippen LogP) is 4.08. The van der Waals surface area contributed by atoms with E-state index in [4.69, 9.17) is 0 Å². The zero-order valence-electron chi connectivity index (χ0n) is 11.7. The summed E-state index contributed by atoms with van der Waals surface area (Å²) in [6.07, 6.45) is 4.52. The lowest BCUT2D eigenvalue weighted by atomic mass is 10.00. The molecule has 2 aromatic rings. The molecule has 0 saturated carbocycles. The van der Waals surface area contributed by atoms with Gasteiger partial charge in [0, 0.05) is 29.7 Å². The summed E-state index contributed by atoms with van der Waals surface area (Å²) >= 11 is 0. The van der Waals surface area contributed by atoms with Crippen LogP contribution in [-0.4, -0.2) is 11.0 Å². The van der Waals surface area contributed by atoms with Gasteiger partial charge >= 0.3 is 0 Å². The molecule has 1 heterocycles. The van der Waals surface area contributed by atoms with Gasteiger partial charge in [-0.2, -0.15) is 0 Å². The topological polar surface area (TPSA) is 27.8 Å². The Balaban J connectivity index is 1.95. The number of aromatic nitrogens is 1. The minimum absolute atomic E-state index is 0.578. The van der Waals surface area contributed by atoms with Crippen LogP contribution < -0.4 is 5.32 Å². The third kappa shape index (κ3) is 3.14. The molecule has 0 radical (unpaired) electrons. The molecule has 2 N–H and O–H groups in total. The standard InChI is InChI=1S/C16H24N2/c1-4-12(2)10-13(3)18-11-14-6-5-7-16-15(14)8-9-17-16/h5-9,12-13,17-18H,4,10-11H2,1-3H3. The molecule has 1 aromatic heterocycles. The van der Waals surface area contributed by atoms with Crippen molar-refractivity contribution in [3.8, 4) is 0 Å². The summed E-state index contributed by atoms with van der Waals surface area (Å²) in [4.78, 5) is 3.26. The number of rotatable bonds is 6. The van der Waals surface area contributed by atoms with Crippen molar-refractivity contribution in [2.24, 2.45) is 5.92 Å². The van der Waals surface area contributed by atoms with Gasteiger partial charge in [-0.05, 0) is 37.0 Å². The Hall–Kier alpha value is -1.28. The summed E-state index contributed by atoms with van der Waals surface area (Å²) in [5.74, 6) is 0.801. The smallest absolute Gasteiger partial charge is 0.0457 e. The van der Waals surface area contributed by atoms with Gasteiger partial charge in [0.1, 0.15) is 0 Å². The van der Waals surface area contributed by atoms with Crippen molar-refractivity contribution in [3.63, 3.8) is 0 Å². The molecule has 0 amide bonds. The molecule has 2 nitrogen and oxygen atoms in total. The van der Waals surface area contributed by atoms with Gasteiger partial charge in [-0.1, -0.05) is 32.4 Å². The zero-order chi connectivity index (χ0) is 13.0. The average Bonchev–Trinajstić information content (AvgIpc) is 2.84. The monoisotopic (exact) mass is 244 g/mol. The van der Waals surface area contributed by atoms with E-state index in [0.717, 1.165) is 12.5 Å². The van der Waals surface area contributed by atoms with Crippen LogP contribution >= 0.6 is 0 Å². The van der Waals surface area contributed by atoms with Crippen molar-refractivity contribution in [2.75, 3.05) is 0 Å². The Bertz CT molecular complexity index is 487. The number of fused-ring (bicyclic) bond motifs is 1. The van der Waals surface area contributed by atoms with Crippen LogP contribution in [0.3, 0.4) is 0 Å². The molecule has 2 unspecified atom stereocenters. The second kappa shape index (κ2) is 6.05. The van der Waals surface area contributed by atoms with Crippen molar-refractivity contribution < 1.29 is 0 Å². The van der Waals surface area contributed by atoms with Gasteiger partial charge < -0.3 is 10.3 Å². The highest BCUT2D eigenvalue weighted by Gasteiger charge is 2.07. The summed E-state index contributed by atoms with van der Waals surface area (Å²) in [7, 11) is 0. The molecular formula is C16H24N2. The van der Waals surface area contributed by atoms with Gasteiger partial charge in [-0.3, -0.25) is 0 Å². The number of aromatic amines is 1. The molecule has 1 aromatic carbocycles. The highest BCUT2D eigenvalue weighted by atomic mass is 14.9. The van der Waals surface area contributed by atoms with Gasteiger partial charge in [0.15, 0.2) is 0 Å². The number of hydrogen-bond acceptors (Lipinski definition) is 1. The molecule has 0 bridgehead atoms. The molecule has 0 aliphatic carbocycles. The Morgan fingerprint density at radius 2 is 2.06 bits per heavy atom. The fourth-order valence-corrected chi connectivity index (χ4v) is 2.44. The fraction of sp³-hybridized carbons (Fsp3) is 0.500. The van der Waals surface area contributed by atoms with Crippen molar-refractivity contribution in [1.82, 2.24) is 10.3 Å². The minimum atomic E-state index is 0.578. The first kappa shape index (κ1) is 13.2. The Morgan fingerprint density at radius 1 is 1.22 bits per heavy atom. The minimum Gasteiger partial charge on any atom is -0.361 e. The van der Waals surface area contributed by atoms with Crippen molar-refractivity contribution in [3.05, 3.63) is 36.0 Å². The van der Waals surface area contributed by atoms with Gasteiger partial charge in [0.25, 0.3) is 0 Å². The van der Waals surface area contributed by atoms with Gasteiger partial charge in [-0.25, -0.2) is 0 Å². The first-order chi connectivity index (χ1) is 8.70. The van der Waals surface area contributed by atoms with Crippen LogP contribution in [-0.2, 0) is 6.54 Å². The third-order valence-electron chi connectivity index (χ3n) is 3.78. The predicted molar refractivity (Wildman–Crippen MR) is 78.7 cm³/mol. The van der Waals surface area contributed by atoms with Crippen molar-refractivity contribution >= 4 is 10.9 Å². The maximum absolute atomic E-state index is 3.63. The normalized spacial score (nSPS) is 14.8. The largest absolute Gasteiger partial charge is 0.361 e. The first-order valence-corrected chi connectivity index (χ1v) is 6.99. The fourth-order valence-electron chi connectivity index (χ4n) is 2.44. The lowest BCUT2D eigenvalue weighted by Gasteiger charge is -2.17. The summed E-state index contributed by atoms with van der Waals surface area (Å²) < 4.78 is 0. The van der Waals surface area contributed by atoms with E-state index in [2.05, 4.69) is 55.3 Å². The van der Waals surface area contributed by atoms with Gasteiger partial charge in [0.05, 0.1) is 0 Å². The van der Waals surface area contributed by atoms with E-state index in [9.17, 15) is 0 Å². The van der Waals surface area contributed by atoms with E-state index >= 15 is 0 Å². The number of nitrogens with one attached hydrogen (secondary N) is 2. The highest BCUT2D eigenvalue weighted by Crippen LogP contribution is 2.17. The molecule has 2 rings (SSSR count). The molecule has 0 aliphatic rings. The van der Waals surface area contributed by atoms with E-state index in [1.54, 1.807) is 0 Å². The van der Waals surface area contributed by atoms with Crippen LogP contribution in [0.4, 0.5) is 0 Å². The van der Waals surface area contributed by atoms with Crippen LogP contribution in [0.1, 0.15) is 39.2 Å². The Kier molecular flexibility index (Phi) is 4.43. The van der Waals surface area contributed by atoms with Crippen LogP contribution in [0, 0.1) is 5.92 Å². The molecule has 2 heteroatoms. The van der Waals surface area contributed by atoms with Gasteiger partial charge in [-0.15, -0.1) is 0 Å². The van der Waals surface area contributed by atoms with E-state index in [0.29, 0.717) is 6.04 Å². The van der Waals surface area contributed by atoms with E-state index in [-0.39, 0.29) is 0 Å². The quantitative estimate of drug-likeness (QED) is 0.787. The summed E-state index contributed by atoms with van der Waals surface area (Å²) in [6, 6.07) is 9.19. The maximum Gasteiger partial charge on any atom is 0.0457 e. The summed E-state index contributed by atoms with van der Waals surface area (Å²) in [5, 5.41) is 4.97. The van der Waals surface area contributed by atoms with Crippen molar-refractivity contribution in [2.45, 2.75) is 46.2 Å². The molecule has 0 saturated heterocycles. The molecule has 0 spiro atoms. The third-order valence-corrected chi connectivity index (χ3v) is 3.78. The van der Waals surface area contributed by atoms with Crippen LogP contribution in [0.2, 0.25) is 0 Å². The molecule has 2 atom stereocenters. The highest BCUT2D eigenvalue weighted by molar-refractivity contribution is 5.82. The number of hydrogen-bond donors (Lipinski definition) is 2. The second-order valence-electron chi connectivity index (χ2n) is 5.39. The van der Waals surface area contributed by atoms with Crippen molar-refractivity contribution in [1.29, 1.82) is 0 Å². The summed E-state index contributed by atoms with van der Waals surface area (Å²) in [5.41, 5.74) is 2.61. The number of H-pyrrole nitrogens is 1. The SMILES string of the molecule is CCC(C)CC(C)NCc1cccc2[nH]ccc12. The first-order valence-electron chi connectivity index (χ1n) is 6.99. The van der Waals surface area contributed by atoms with Crippen LogP contribution in [0.5, 0.6) is 0 Å². The number of benzene rings is 1. The lowest BCUT2D eigenvalue weighted by Crippen LogP contribution is -2.27. The molecular weight excluding hydrogens is 220 g/mol. The Labute approximate surface area is 110 Å². The Morgan fingerprint density at radius 3 is 2.83 bits per heavy atom. The average molecular weight is 244 g/mol.